The Morgan fingerprint density at radius 2 is 1.89 bits per heavy atom. The van der Waals surface area contributed by atoms with Gasteiger partial charge < -0.3 is 14.6 Å². The van der Waals surface area contributed by atoms with Gasteiger partial charge in [-0.05, 0) is 41.8 Å². The molecule has 5 nitrogen and oxygen atoms in total. The monoisotopic (exact) mass is 383 g/mol. The topological polar surface area (TPSA) is 56.1 Å². The van der Waals surface area contributed by atoms with Gasteiger partial charge in [0.05, 0.1) is 7.11 Å². The van der Waals surface area contributed by atoms with E-state index in [2.05, 4.69) is 10.3 Å². The van der Waals surface area contributed by atoms with Crippen LogP contribution in [0.25, 0.3) is 0 Å². The van der Waals surface area contributed by atoms with Crippen LogP contribution in [0.3, 0.4) is 0 Å². The number of halogens is 1. The summed E-state index contributed by atoms with van der Waals surface area (Å²) in [6.45, 7) is 0. The summed E-state index contributed by atoms with van der Waals surface area (Å²) in [5.41, 5.74) is 2.03. The predicted molar refractivity (Wildman–Crippen MR) is 106 cm³/mol. The summed E-state index contributed by atoms with van der Waals surface area (Å²) >= 11 is 5.91. The van der Waals surface area contributed by atoms with Crippen LogP contribution < -0.4 is 10.1 Å². The second-order valence-corrected chi connectivity index (χ2v) is 6.73. The molecule has 1 aromatic heterocycles. The molecule has 1 atom stereocenters. The van der Waals surface area contributed by atoms with Crippen LogP contribution in [-0.2, 0) is 18.3 Å². The average Bonchev–Trinajstić information content (AvgIpc) is 3.11. The summed E-state index contributed by atoms with van der Waals surface area (Å²) in [6.07, 6.45) is 4.63. The zero-order valence-electron chi connectivity index (χ0n) is 15.4. The molecule has 2 aromatic carbocycles. The molecule has 0 bridgehead atoms. The second kappa shape index (κ2) is 8.73. The van der Waals surface area contributed by atoms with Crippen LogP contribution in [0.1, 0.15) is 29.4 Å². The number of carbonyl (C=O) groups is 1. The number of hydrogen-bond acceptors (Lipinski definition) is 3. The van der Waals surface area contributed by atoms with Crippen molar-refractivity contribution in [2.75, 3.05) is 7.11 Å². The predicted octanol–water partition coefficient (Wildman–Crippen LogP) is 3.92. The minimum atomic E-state index is -0.325. The maximum Gasteiger partial charge on any atom is 0.221 e. The molecule has 0 spiro atoms. The largest absolute Gasteiger partial charge is 0.497 e. The minimum absolute atomic E-state index is 0.0335. The highest BCUT2D eigenvalue weighted by Gasteiger charge is 2.20. The van der Waals surface area contributed by atoms with E-state index in [1.807, 2.05) is 66.3 Å². The molecule has 0 fully saturated rings. The molecule has 0 saturated carbocycles. The van der Waals surface area contributed by atoms with E-state index in [1.165, 1.54) is 0 Å². The number of ether oxygens (including phenoxy) is 1. The van der Waals surface area contributed by atoms with Crippen LogP contribution in [0.2, 0.25) is 5.02 Å². The normalized spacial score (nSPS) is 11.8. The minimum Gasteiger partial charge on any atom is -0.497 e. The first-order valence-electron chi connectivity index (χ1n) is 8.72. The zero-order chi connectivity index (χ0) is 19.2. The molecule has 0 aliphatic carbocycles. The summed E-state index contributed by atoms with van der Waals surface area (Å²) in [5, 5.41) is 3.80. The Morgan fingerprint density at radius 3 is 2.48 bits per heavy atom. The van der Waals surface area contributed by atoms with Crippen LogP contribution in [0.15, 0.2) is 60.9 Å². The van der Waals surface area contributed by atoms with Crippen molar-refractivity contribution in [2.24, 2.45) is 7.05 Å². The Kier molecular flexibility index (Phi) is 6.14. The quantitative estimate of drug-likeness (QED) is 0.672. The summed E-state index contributed by atoms with van der Waals surface area (Å²) in [7, 11) is 3.54. The van der Waals surface area contributed by atoms with Gasteiger partial charge in [-0.1, -0.05) is 35.9 Å². The van der Waals surface area contributed by atoms with Gasteiger partial charge in [0.15, 0.2) is 0 Å². The Bertz CT molecular complexity index is 889. The zero-order valence-corrected chi connectivity index (χ0v) is 16.1. The fourth-order valence-electron chi connectivity index (χ4n) is 2.89. The van der Waals surface area contributed by atoms with Gasteiger partial charge >= 0.3 is 0 Å². The molecule has 1 heterocycles. The number of rotatable bonds is 7. The Labute approximate surface area is 164 Å². The molecule has 0 aliphatic rings. The lowest BCUT2D eigenvalue weighted by Gasteiger charge is -2.19. The van der Waals surface area contributed by atoms with Crippen LogP contribution in [-0.4, -0.2) is 22.6 Å². The van der Waals surface area contributed by atoms with Crippen molar-refractivity contribution in [3.8, 4) is 5.75 Å². The maximum absolute atomic E-state index is 12.6. The molecule has 0 aliphatic heterocycles. The van der Waals surface area contributed by atoms with Crippen molar-refractivity contribution in [2.45, 2.75) is 18.9 Å². The molecule has 3 aromatic rings. The summed E-state index contributed by atoms with van der Waals surface area (Å²) in [5.74, 6) is 1.51. The van der Waals surface area contributed by atoms with Gasteiger partial charge in [0.1, 0.15) is 17.6 Å². The van der Waals surface area contributed by atoms with Gasteiger partial charge in [0.2, 0.25) is 5.91 Å². The smallest absolute Gasteiger partial charge is 0.221 e. The highest BCUT2D eigenvalue weighted by Crippen LogP contribution is 2.23. The third-order valence-corrected chi connectivity index (χ3v) is 4.68. The van der Waals surface area contributed by atoms with E-state index in [-0.39, 0.29) is 11.9 Å². The number of nitrogens with one attached hydrogen (secondary N) is 1. The third kappa shape index (κ3) is 4.89. The van der Waals surface area contributed by atoms with Crippen molar-refractivity contribution in [3.63, 3.8) is 0 Å². The average molecular weight is 384 g/mol. The van der Waals surface area contributed by atoms with Crippen molar-refractivity contribution >= 4 is 17.5 Å². The van der Waals surface area contributed by atoms with E-state index < -0.39 is 0 Å². The maximum atomic E-state index is 12.6. The molecule has 0 saturated heterocycles. The van der Waals surface area contributed by atoms with Gasteiger partial charge in [-0.2, -0.15) is 0 Å². The molecule has 140 valence electrons. The molecule has 1 unspecified atom stereocenters. The number of aromatic nitrogens is 2. The number of nitrogens with zero attached hydrogens (tertiary/aromatic N) is 2. The first-order chi connectivity index (χ1) is 13.1. The van der Waals surface area contributed by atoms with Gasteiger partial charge in [-0.25, -0.2) is 4.98 Å². The Hall–Kier alpha value is -2.79. The van der Waals surface area contributed by atoms with Crippen molar-refractivity contribution < 1.29 is 9.53 Å². The summed E-state index contributed by atoms with van der Waals surface area (Å²) in [4.78, 5) is 17.0. The van der Waals surface area contributed by atoms with E-state index >= 15 is 0 Å². The lowest BCUT2D eigenvalue weighted by Crippen LogP contribution is -2.31. The Morgan fingerprint density at radius 1 is 1.19 bits per heavy atom. The number of methoxy groups -OCH3 is 1. The summed E-state index contributed by atoms with van der Waals surface area (Å²) < 4.78 is 7.13. The number of imidazole rings is 1. The number of benzene rings is 2. The fraction of sp³-hybridized carbons (Fsp3) is 0.238. The molecular formula is C21H22ClN3O2. The molecule has 1 amide bonds. The first-order valence-corrected chi connectivity index (χ1v) is 9.09. The van der Waals surface area contributed by atoms with Gasteiger partial charge in [0, 0.05) is 30.9 Å². The Balaban J connectivity index is 1.73. The fourth-order valence-corrected chi connectivity index (χ4v) is 3.02. The van der Waals surface area contributed by atoms with Crippen LogP contribution in [0, 0.1) is 0 Å². The van der Waals surface area contributed by atoms with Crippen LogP contribution in [0.5, 0.6) is 5.75 Å². The highest BCUT2D eigenvalue weighted by atomic mass is 35.5. The standard InChI is InChI=1S/C21H22ClN3O2/c1-25-14-13-23-21(25)20(16-6-10-18(27-2)11-7-16)24-19(26)12-5-15-3-8-17(22)9-4-15/h3-4,6-11,13-14,20H,5,12H2,1-2H3,(H,24,26). The van der Waals surface area contributed by atoms with E-state index in [4.69, 9.17) is 16.3 Å². The molecule has 6 heteroatoms. The molecular weight excluding hydrogens is 362 g/mol. The van der Waals surface area contributed by atoms with E-state index in [0.717, 1.165) is 22.7 Å². The lowest BCUT2D eigenvalue weighted by molar-refractivity contribution is -0.121. The number of carbonyl (C=O) groups excluding carboxylic acids is 1. The first kappa shape index (κ1) is 19.0. The molecule has 0 radical (unpaired) electrons. The molecule has 1 N–H and O–H groups in total. The molecule has 3 rings (SSSR count). The lowest BCUT2D eigenvalue weighted by atomic mass is 10.0. The third-order valence-electron chi connectivity index (χ3n) is 4.43. The van der Waals surface area contributed by atoms with Crippen LogP contribution >= 0.6 is 11.6 Å². The number of amides is 1. The van der Waals surface area contributed by atoms with Crippen molar-refractivity contribution in [1.29, 1.82) is 0 Å². The highest BCUT2D eigenvalue weighted by molar-refractivity contribution is 6.30. The molecule has 27 heavy (non-hydrogen) atoms. The van der Waals surface area contributed by atoms with Crippen molar-refractivity contribution in [3.05, 3.63) is 82.9 Å². The summed E-state index contributed by atoms with van der Waals surface area (Å²) in [6, 6.07) is 14.9. The van der Waals surface area contributed by atoms with Gasteiger partial charge in [-0.3, -0.25) is 4.79 Å². The second-order valence-electron chi connectivity index (χ2n) is 6.30. The van der Waals surface area contributed by atoms with E-state index in [9.17, 15) is 4.79 Å². The van der Waals surface area contributed by atoms with Crippen molar-refractivity contribution in [1.82, 2.24) is 14.9 Å². The number of aryl methyl sites for hydroxylation is 2. The van der Waals surface area contributed by atoms with E-state index in [0.29, 0.717) is 17.9 Å². The van der Waals surface area contributed by atoms with E-state index in [1.54, 1.807) is 13.3 Å². The SMILES string of the molecule is COc1ccc(C(NC(=O)CCc2ccc(Cl)cc2)c2nccn2C)cc1. The van der Waals surface area contributed by atoms with Gasteiger partial charge in [0.25, 0.3) is 0 Å². The van der Waals surface area contributed by atoms with Crippen LogP contribution in [0.4, 0.5) is 0 Å². The number of hydrogen-bond donors (Lipinski definition) is 1. The van der Waals surface area contributed by atoms with Gasteiger partial charge in [-0.15, -0.1) is 0 Å².